The molecule has 0 saturated heterocycles. The fourth-order valence-electron chi connectivity index (χ4n) is 1.78. The number of aromatic nitrogens is 2. The highest BCUT2D eigenvalue weighted by Gasteiger charge is 2.23. The van der Waals surface area contributed by atoms with E-state index in [4.69, 9.17) is 11.0 Å². The predicted octanol–water partition coefficient (Wildman–Crippen LogP) is 1.42. The molecule has 0 radical (unpaired) electrons. The summed E-state index contributed by atoms with van der Waals surface area (Å²) in [4.78, 5) is 11.8. The van der Waals surface area contributed by atoms with E-state index in [9.17, 15) is 4.79 Å². The summed E-state index contributed by atoms with van der Waals surface area (Å²) in [7, 11) is 1.25. The van der Waals surface area contributed by atoms with Crippen LogP contribution in [0.15, 0.2) is 24.3 Å². The second kappa shape index (κ2) is 4.82. The summed E-state index contributed by atoms with van der Waals surface area (Å²) in [5, 5.41) is 13.0. The van der Waals surface area contributed by atoms with Crippen LogP contribution in [-0.4, -0.2) is 22.9 Å². The lowest BCUT2D eigenvalue weighted by molar-refractivity contribution is 0.0591. The van der Waals surface area contributed by atoms with Crippen LogP contribution in [0.25, 0.3) is 5.69 Å². The number of anilines is 1. The van der Waals surface area contributed by atoms with Crippen LogP contribution in [-0.2, 0) is 4.74 Å². The summed E-state index contributed by atoms with van der Waals surface area (Å²) in [5.74, 6) is -0.630. The molecule has 2 aromatic rings. The quantitative estimate of drug-likeness (QED) is 0.820. The molecular weight excluding hydrogens is 244 g/mol. The van der Waals surface area contributed by atoms with Crippen molar-refractivity contribution < 1.29 is 9.53 Å². The molecule has 0 amide bonds. The topological polar surface area (TPSA) is 93.9 Å². The van der Waals surface area contributed by atoms with Gasteiger partial charge in [0.25, 0.3) is 0 Å². The van der Waals surface area contributed by atoms with Gasteiger partial charge in [-0.05, 0) is 18.6 Å². The maximum absolute atomic E-state index is 11.8. The van der Waals surface area contributed by atoms with Crippen molar-refractivity contribution in [3.63, 3.8) is 0 Å². The van der Waals surface area contributed by atoms with Crippen molar-refractivity contribution in [1.29, 1.82) is 5.26 Å². The molecule has 0 aliphatic rings. The van der Waals surface area contributed by atoms with Gasteiger partial charge in [0.15, 0.2) is 11.4 Å². The van der Waals surface area contributed by atoms with Crippen LogP contribution in [0.5, 0.6) is 0 Å². The Hall–Kier alpha value is -2.81. The molecule has 1 aromatic carbocycles. The van der Waals surface area contributed by atoms with Gasteiger partial charge in [0.05, 0.1) is 12.8 Å². The average molecular weight is 256 g/mol. The molecule has 2 N–H and O–H groups in total. The highest BCUT2D eigenvalue weighted by atomic mass is 16.5. The number of hydrogen-bond acceptors (Lipinski definition) is 5. The zero-order valence-electron chi connectivity index (χ0n) is 10.5. The second-order valence-corrected chi connectivity index (χ2v) is 3.91. The number of nitrogen functional groups attached to an aromatic ring is 1. The van der Waals surface area contributed by atoms with Crippen molar-refractivity contribution in [3.05, 3.63) is 41.2 Å². The van der Waals surface area contributed by atoms with E-state index >= 15 is 0 Å². The Morgan fingerprint density at radius 1 is 1.47 bits per heavy atom. The summed E-state index contributed by atoms with van der Waals surface area (Å²) in [6.45, 7) is 1.88. The van der Waals surface area contributed by atoms with Crippen LogP contribution in [0.4, 0.5) is 5.69 Å². The van der Waals surface area contributed by atoms with E-state index in [-0.39, 0.29) is 17.1 Å². The molecule has 6 heteroatoms. The zero-order chi connectivity index (χ0) is 14.0. The lowest BCUT2D eigenvalue weighted by Gasteiger charge is -2.08. The van der Waals surface area contributed by atoms with E-state index in [1.54, 1.807) is 6.07 Å². The minimum absolute atomic E-state index is 0.00338. The molecule has 0 aliphatic carbocycles. The molecule has 1 heterocycles. The third-order valence-electron chi connectivity index (χ3n) is 2.75. The fraction of sp³-hybridized carbons (Fsp3) is 0.154. The third-order valence-corrected chi connectivity index (χ3v) is 2.75. The average Bonchev–Trinajstić information content (AvgIpc) is 2.75. The van der Waals surface area contributed by atoms with Gasteiger partial charge in [-0.25, -0.2) is 9.48 Å². The maximum atomic E-state index is 11.8. The standard InChI is InChI=1S/C13H12N4O2/c1-8-5-3-4-6-10(8)17-12(13(18)19-2)11(15)9(7-14)16-17/h3-6H,15H2,1-2H3. The smallest absolute Gasteiger partial charge is 0.359 e. The lowest BCUT2D eigenvalue weighted by Crippen LogP contribution is -2.12. The molecule has 6 nitrogen and oxygen atoms in total. The highest BCUT2D eigenvalue weighted by Crippen LogP contribution is 2.23. The van der Waals surface area contributed by atoms with Gasteiger partial charge in [-0.1, -0.05) is 18.2 Å². The first-order valence-corrected chi connectivity index (χ1v) is 5.53. The van der Waals surface area contributed by atoms with E-state index in [0.717, 1.165) is 5.56 Å². The van der Waals surface area contributed by atoms with Crippen molar-refractivity contribution in [3.8, 4) is 11.8 Å². The van der Waals surface area contributed by atoms with E-state index in [2.05, 4.69) is 9.84 Å². The van der Waals surface area contributed by atoms with Gasteiger partial charge in [-0.3, -0.25) is 0 Å². The third kappa shape index (κ3) is 2.02. The van der Waals surface area contributed by atoms with Crippen molar-refractivity contribution in [1.82, 2.24) is 9.78 Å². The molecule has 0 unspecified atom stereocenters. The Balaban J connectivity index is 2.74. The van der Waals surface area contributed by atoms with Crippen LogP contribution < -0.4 is 5.73 Å². The second-order valence-electron chi connectivity index (χ2n) is 3.91. The summed E-state index contributed by atoms with van der Waals surface area (Å²) >= 11 is 0. The van der Waals surface area contributed by atoms with Crippen LogP contribution in [0, 0.1) is 18.3 Å². The molecular formula is C13H12N4O2. The van der Waals surface area contributed by atoms with Gasteiger partial charge in [-0.15, -0.1) is 0 Å². The summed E-state index contributed by atoms with van der Waals surface area (Å²) in [6.07, 6.45) is 0. The fourth-order valence-corrected chi connectivity index (χ4v) is 1.78. The molecule has 0 saturated carbocycles. The number of carbonyl (C=O) groups excluding carboxylic acids is 1. The Bertz CT molecular complexity index is 682. The van der Waals surface area contributed by atoms with Gasteiger partial charge < -0.3 is 10.5 Å². The van der Waals surface area contributed by atoms with Crippen LogP contribution in [0.3, 0.4) is 0 Å². The highest BCUT2D eigenvalue weighted by molar-refractivity contribution is 5.95. The molecule has 96 valence electrons. The van der Waals surface area contributed by atoms with Crippen molar-refractivity contribution in [2.24, 2.45) is 0 Å². The predicted molar refractivity (Wildman–Crippen MR) is 68.8 cm³/mol. The molecule has 2 rings (SSSR count). The Morgan fingerprint density at radius 3 is 2.74 bits per heavy atom. The molecule has 0 bridgehead atoms. The summed E-state index contributed by atoms with van der Waals surface area (Å²) in [5.41, 5.74) is 7.44. The number of aryl methyl sites for hydroxylation is 1. The molecule has 0 aliphatic heterocycles. The van der Waals surface area contributed by atoms with Crippen LogP contribution in [0.1, 0.15) is 21.7 Å². The number of carbonyl (C=O) groups is 1. The van der Waals surface area contributed by atoms with Crippen molar-refractivity contribution in [2.75, 3.05) is 12.8 Å². The van der Waals surface area contributed by atoms with Gasteiger partial charge in [0.1, 0.15) is 11.8 Å². The maximum Gasteiger partial charge on any atom is 0.359 e. The molecule has 0 atom stereocenters. The number of nitrogens with two attached hydrogens (primary N) is 1. The van der Waals surface area contributed by atoms with Gasteiger partial charge in [0, 0.05) is 0 Å². The normalized spacial score (nSPS) is 9.95. The monoisotopic (exact) mass is 256 g/mol. The Kier molecular flexibility index (Phi) is 3.21. The number of hydrogen-bond donors (Lipinski definition) is 1. The van der Waals surface area contributed by atoms with Gasteiger partial charge in [0.2, 0.25) is 0 Å². The summed E-state index contributed by atoms with van der Waals surface area (Å²) < 4.78 is 6.03. The Labute approximate surface area is 110 Å². The van der Waals surface area contributed by atoms with Crippen molar-refractivity contribution >= 4 is 11.7 Å². The molecule has 1 aromatic heterocycles. The van der Waals surface area contributed by atoms with E-state index < -0.39 is 5.97 Å². The summed E-state index contributed by atoms with van der Waals surface area (Å²) in [6, 6.07) is 9.20. The number of para-hydroxylation sites is 1. The molecule has 0 spiro atoms. The molecule has 0 fully saturated rings. The number of esters is 1. The van der Waals surface area contributed by atoms with E-state index in [1.165, 1.54) is 11.8 Å². The van der Waals surface area contributed by atoms with Gasteiger partial charge >= 0.3 is 5.97 Å². The van der Waals surface area contributed by atoms with E-state index in [1.807, 2.05) is 31.2 Å². The first-order valence-electron chi connectivity index (χ1n) is 5.53. The van der Waals surface area contributed by atoms with Crippen LogP contribution in [0.2, 0.25) is 0 Å². The minimum atomic E-state index is -0.630. The van der Waals surface area contributed by atoms with Crippen molar-refractivity contribution in [2.45, 2.75) is 6.92 Å². The minimum Gasteiger partial charge on any atom is -0.464 e. The number of nitrogens with zero attached hydrogens (tertiary/aromatic N) is 3. The first-order chi connectivity index (χ1) is 9.10. The SMILES string of the molecule is COC(=O)c1c(N)c(C#N)nn1-c1ccccc1C. The number of rotatable bonds is 2. The molecule has 19 heavy (non-hydrogen) atoms. The van der Waals surface area contributed by atoms with Gasteiger partial charge in [-0.2, -0.15) is 10.4 Å². The zero-order valence-corrected chi connectivity index (χ0v) is 10.5. The number of nitriles is 1. The van der Waals surface area contributed by atoms with Crippen LogP contribution >= 0.6 is 0 Å². The lowest BCUT2D eigenvalue weighted by atomic mass is 10.2. The van der Waals surface area contributed by atoms with E-state index in [0.29, 0.717) is 5.69 Å². The first kappa shape index (κ1) is 12.6. The number of methoxy groups -OCH3 is 1. The number of ether oxygens (including phenoxy) is 1. The Morgan fingerprint density at radius 2 is 2.16 bits per heavy atom. The largest absolute Gasteiger partial charge is 0.464 e. The number of benzene rings is 1.